The molecule has 1 aromatic heterocycles. The van der Waals surface area contributed by atoms with Gasteiger partial charge in [-0.2, -0.15) is 4.99 Å². The van der Waals surface area contributed by atoms with Crippen molar-refractivity contribution < 1.29 is 14.1 Å². The molecular formula is C18H11BrN4O4. The molecular weight excluding hydrogens is 416 g/mol. The Morgan fingerprint density at radius 2 is 2.07 bits per heavy atom. The van der Waals surface area contributed by atoms with Gasteiger partial charge in [-0.15, -0.1) is 0 Å². The topological polar surface area (TPSA) is 101 Å². The highest BCUT2D eigenvalue weighted by molar-refractivity contribution is 9.11. The van der Waals surface area contributed by atoms with E-state index in [1.54, 1.807) is 0 Å². The van der Waals surface area contributed by atoms with Crippen molar-refractivity contribution in [1.82, 2.24) is 4.90 Å². The number of allylic oxidation sites excluding steroid dienone is 2. The van der Waals surface area contributed by atoms with Crippen molar-refractivity contribution in [1.29, 1.82) is 0 Å². The maximum Gasteiger partial charge on any atom is 0.433 e. The van der Waals surface area contributed by atoms with Crippen LogP contribution in [0.4, 0.5) is 5.88 Å². The van der Waals surface area contributed by atoms with E-state index in [2.05, 4.69) is 25.9 Å². The van der Waals surface area contributed by atoms with E-state index < -0.39 is 16.7 Å². The molecule has 0 atom stereocenters. The van der Waals surface area contributed by atoms with Crippen LogP contribution in [0.3, 0.4) is 0 Å². The summed E-state index contributed by atoms with van der Waals surface area (Å²) in [4.78, 5) is 33.0. The first-order valence-corrected chi connectivity index (χ1v) is 8.67. The number of hydrogen-bond donors (Lipinski definition) is 0. The largest absolute Gasteiger partial charge is 0.433 e. The van der Waals surface area contributed by atoms with Gasteiger partial charge in [-0.05, 0) is 39.7 Å². The molecule has 1 aromatic carbocycles. The van der Waals surface area contributed by atoms with Gasteiger partial charge in [0.1, 0.15) is 10.8 Å². The van der Waals surface area contributed by atoms with E-state index in [0.717, 1.165) is 16.1 Å². The average molecular weight is 427 g/mol. The van der Waals surface area contributed by atoms with E-state index in [4.69, 9.17) is 4.42 Å². The quantitative estimate of drug-likeness (QED) is 0.536. The number of benzene rings is 1. The molecule has 4 rings (SSSR count). The number of hydrogen-bond acceptors (Lipinski definition) is 5. The number of nitro groups is 1. The average Bonchev–Trinajstić information content (AvgIpc) is 3.09. The fraction of sp³-hybridized carbons (Fsp3) is 0.0556. The molecule has 1 amide bonds. The number of fused-ring (bicyclic) bond motifs is 2. The zero-order valence-corrected chi connectivity index (χ0v) is 15.3. The zero-order chi connectivity index (χ0) is 19.0. The van der Waals surface area contributed by atoms with E-state index in [-0.39, 0.29) is 11.6 Å². The van der Waals surface area contributed by atoms with Crippen molar-refractivity contribution in [3.63, 3.8) is 0 Å². The summed E-state index contributed by atoms with van der Waals surface area (Å²) >= 11 is 3.44. The molecule has 0 aliphatic carbocycles. The van der Waals surface area contributed by atoms with Gasteiger partial charge in [0.15, 0.2) is 5.84 Å². The van der Waals surface area contributed by atoms with Crippen LogP contribution in [0.25, 0.3) is 0 Å². The van der Waals surface area contributed by atoms with Crippen molar-refractivity contribution in [2.24, 2.45) is 9.98 Å². The number of nitrogens with zero attached hydrogens (tertiary/aromatic N) is 4. The first-order valence-electron chi connectivity index (χ1n) is 7.87. The summed E-state index contributed by atoms with van der Waals surface area (Å²) in [6, 6.07) is 9.85. The van der Waals surface area contributed by atoms with E-state index in [0.29, 0.717) is 17.9 Å². The molecule has 0 saturated carbocycles. The zero-order valence-electron chi connectivity index (χ0n) is 13.7. The molecule has 8 nitrogen and oxygen atoms in total. The van der Waals surface area contributed by atoms with Crippen LogP contribution in [0.5, 0.6) is 0 Å². The molecule has 0 N–H and O–H groups in total. The van der Waals surface area contributed by atoms with Gasteiger partial charge < -0.3 is 9.32 Å². The number of amides is 1. The summed E-state index contributed by atoms with van der Waals surface area (Å²) in [6.45, 7) is 0.563. The van der Waals surface area contributed by atoms with E-state index in [9.17, 15) is 14.9 Å². The first kappa shape index (κ1) is 17.1. The molecule has 2 aliphatic heterocycles. The summed E-state index contributed by atoms with van der Waals surface area (Å²) in [5.74, 6) is -0.603. The number of halogens is 1. The number of carbonyl (C=O) groups is 1. The van der Waals surface area contributed by atoms with E-state index in [1.807, 2.05) is 47.5 Å². The van der Waals surface area contributed by atoms with E-state index >= 15 is 0 Å². The lowest BCUT2D eigenvalue weighted by Gasteiger charge is -2.21. The number of carbonyl (C=O) groups excluding carboxylic acids is 1. The Morgan fingerprint density at radius 1 is 1.26 bits per heavy atom. The molecule has 0 spiro atoms. The molecule has 0 fully saturated rings. The number of rotatable bonds is 2. The Kier molecular flexibility index (Phi) is 4.28. The summed E-state index contributed by atoms with van der Waals surface area (Å²) in [5.41, 5.74) is 1.66. The van der Waals surface area contributed by atoms with Gasteiger partial charge in [-0.25, -0.2) is 4.99 Å². The van der Waals surface area contributed by atoms with Crippen LogP contribution in [0.15, 0.2) is 73.6 Å². The Morgan fingerprint density at radius 3 is 2.85 bits per heavy atom. The van der Waals surface area contributed by atoms with Crippen molar-refractivity contribution in [3.05, 3.63) is 86.2 Å². The summed E-state index contributed by atoms with van der Waals surface area (Å²) in [5, 5.41) is 10.7. The second kappa shape index (κ2) is 6.76. The monoisotopic (exact) mass is 426 g/mol. The van der Waals surface area contributed by atoms with Crippen molar-refractivity contribution in [3.8, 4) is 0 Å². The van der Waals surface area contributed by atoms with Crippen molar-refractivity contribution in [2.75, 3.05) is 0 Å². The Balaban J connectivity index is 1.78. The highest BCUT2D eigenvalue weighted by Gasteiger charge is 2.23. The molecule has 2 aromatic rings. The van der Waals surface area contributed by atoms with Crippen LogP contribution >= 0.6 is 15.9 Å². The van der Waals surface area contributed by atoms with Crippen LogP contribution in [-0.2, 0) is 6.54 Å². The van der Waals surface area contributed by atoms with Crippen molar-refractivity contribution >= 4 is 39.4 Å². The summed E-state index contributed by atoms with van der Waals surface area (Å²) in [7, 11) is 0. The lowest BCUT2D eigenvalue weighted by molar-refractivity contribution is -0.402. The normalized spacial score (nSPS) is 16.9. The molecule has 9 heteroatoms. The summed E-state index contributed by atoms with van der Waals surface area (Å²) in [6.07, 6.45) is 5.56. The van der Waals surface area contributed by atoms with Crippen LogP contribution in [0.1, 0.15) is 21.7 Å². The maximum atomic E-state index is 12.5. The highest BCUT2D eigenvalue weighted by Crippen LogP contribution is 2.24. The fourth-order valence-corrected chi connectivity index (χ4v) is 3.12. The van der Waals surface area contributed by atoms with Crippen LogP contribution in [-0.4, -0.2) is 27.4 Å². The van der Waals surface area contributed by atoms with Gasteiger partial charge in [-0.1, -0.05) is 24.3 Å². The standard InChI is InChI=1S/C18H11BrN4O4/c19-12-5-7-15-20-17(13-4-2-1-3-11(13)9-22(15)10-12)21-18(24)14-6-8-16(27-14)23(25)26/h1-8,10H,9H2. The second-order valence-electron chi connectivity index (χ2n) is 5.74. The Hall–Kier alpha value is -3.33. The molecule has 0 unspecified atom stereocenters. The lowest BCUT2D eigenvalue weighted by Crippen LogP contribution is -2.24. The van der Waals surface area contributed by atoms with Gasteiger partial charge in [0.05, 0.1) is 6.07 Å². The van der Waals surface area contributed by atoms with E-state index in [1.165, 1.54) is 6.07 Å². The third-order valence-electron chi connectivity index (χ3n) is 3.97. The second-order valence-corrected chi connectivity index (χ2v) is 6.65. The molecule has 2 aliphatic rings. The first-order chi connectivity index (χ1) is 13.0. The summed E-state index contributed by atoms with van der Waals surface area (Å²) < 4.78 is 5.85. The van der Waals surface area contributed by atoms with Gasteiger partial charge in [0.25, 0.3) is 0 Å². The third-order valence-corrected chi connectivity index (χ3v) is 4.44. The van der Waals surface area contributed by atoms with Gasteiger partial charge in [0.2, 0.25) is 5.76 Å². The Bertz CT molecular complexity index is 1080. The maximum absolute atomic E-state index is 12.5. The highest BCUT2D eigenvalue weighted by atomic mass is 79.9. The van der Waals surface area contributed by atoms with Gasteiger partial charge >= 0.3 is 11.8 Å². The predicted octanol–water partition coefficient (Wildman–Crippen LogP) is 3.80. The number of amidine groups is 2. The number of aliphatic imine (C=N–C) groups is 2. The van der Waals surface area contributed by atoms with Gasteiger partial charge in [0, 0.05) is 22.8 Å². The smallest absolute Gasteiger partial charge is 0.395 e. The molecule has 0 radical (unpaired) electrons. The van der Waals surface area contributed by atoms with Crippen LogP contribution < -0.4 is 0 Å². The third kappa shape index (κ3) is 3.36. The minimum absolute atomic E-state index is 0.213. The van der Waals surface area contributed by atoms with Crippen LogP contribution in [0, 0.1) is 10.1 Å². The molecule has 134 valence electrons. The molecule has 0 bridgehead atoms. The van der Waals surface area contributed by atoms with Gasteiger partial charge in [-0.3, -0.25) is 14.9 Å². The fourth-order valence-electron chi connectivity index (χ4n) is 2.74. The minimum Gasteiger partial charge on any atom is -0.395 e. The number of furan rings is 1. The van der Waals surface area contributed by atoms with Crippen LogP contribution in [0.2, 0.25) is 0 Å². The predicted molar refractivity (Wildman–Crippen MR) is 102 cm³/mol. The minimum atomic E-state index is -0.734. The SMILES string of the molecule is O=C(N=C1N=C2C=CC(Br)=CN2Cc2ccccc21)c1ccc([N+](=O)[O-])o1. The van der Waals surface area contributed by atoms with Crippen molar-refractivity contribution in [2.45, 2.75) is 6.54 Å². The molecule has 3 heterocycles. The molecule has 27 heavy (non-hydrogen) atoms. The lowest BCUT2D eigenvalue weighted by atomic mass is 10.1. The Labute approximate surface area is 161 Å². The molecule has 0 saturated heterocycles.